The van der Waals surface area contributed by atoms with Crippen LogP contribution in [0.1, 0.15) is 40.6 Å². The molecule has 7 nitrogen and oxygen atoms in total. The zero-order valence-electron chi connectivity index (χ0n) is 13.4. The number of benzene rings is 1. The summed E-state index contributed by atoms with van der Waals surface area (Å²) in [6.07, 6.45) is 3.30. The lowest BCUT2D eigenvalue weighted by molar-refractivity contribution is 0.0947. The van der Waals surface area contributed by atoms with Crippen LogP contribution in [0.5, 0.6) is 5.75 Å². The number of hydrogen-bond donors (Lipinski definition) is 1. The standard InChI is InChI=1S/C16H18N2O5S/c1-22-14-6-5-12(24(2,20)21)8-13(14)16(19)17-9-11-7-15(23-18-11)10-3-4-10/h5-8,10H,3-4,9H2,1-2H3,(H,17,19). The van der Waals surface area contributed by atoms with Gasteiger partial charge in [0.05, 0.1) is 24.1 Å². The molecule has 0 saturated heterocycles. The summed E-state index contributed by atoms with van der Waals surface area (Å²) in [6, 6.07) is 6.01. The van der Waals surface area contributed by atoms with Crippen LogP contribution in [0.3, 0.4) is 0 Å². The van der Waals surface area contributed by atoms with Gasteiger partial charge in [-0.2, -0.15) is 0 Å². The molecule has 128 valence electrons. The van der Waals surface area contributed by atoms with Gasteiger partial charge in [-0.15, -0.1) is 0 Å². The molecule has 1 amide bonds. The molecule has 1 aliphatic rings. The lowest BCUT2D eigenvalue weighted by atomic mass is 10.2. The molecular formula is C16H18N2O5S. The van der Waals surface area contributed by atoms with Gasteiger partial charge in [-0.3, -0.25) is 4.79 Å². The minimum Gasteiger partial charge on any atom is -0.496 e. The third-order valence-electron chi connectivity index (χ3n) is 3.83. The number of aromatic nitrogens is 1. The largest absolute Gasteiger partial charge is 0.496 e. The van der Waals surface area contributed by atoms with E-state index in [1.807, 2.05) is 6.07 Å². The van der Waals surface area contributed by atoms with Gasteiger partial charge < -0.3 is 14.6 Å². The van der Waals surface area contributed by atoms with Crippen molar-refractivity contribution in [2.24, 2.45) is 0 Å². The molecule has 1 saturated carbocycles. The molecule has 0 aliphatic heterocycles. The number of amides is 1. The van der Waals surface area contributed by atoms with Gasteiger partial charge >= 0.3 is 0 Å². The van der Waals surface area contributed by atoms with Crippen LogP contribution in [0.4, 0.5) is 0 Å². The van der Waals surface area contributed by atoms with Crippen LogP contribution in [0.2, 0.25) is 0 Å². The summed E-state index contributed by atoms with van der Waals surface area (Å²) in [6.45, 7) is 0.196. The van der Waals surface area contributed by atoms with Crippen molar-refractivity contribution in [2.45, 2.75) is 30.2 Å². The first-order valence-corrected chi connectivity index (χ1v) is 9.39. The van der Waals surface area contributed by atoms with Crippen molar-refractivity contribution in [3.63, 3.8) is 0 Å². The normalized spacial score (nSPS) is 14.4. The topological polar surface area (TPSA) is 98.5 Å². The van der Waals surface area contributed by atoms with E-state index in [0.717, 1.165) is 24.9 Å². The first-order chi connectivity index (χ1) is 11.4. The Balaban J connectivity index is 1.75. The number of carbonyl (C=O) groups excluding carboxylic acids is 1. The zero-order valence-corrected chi connectivity index (χ0v) is 14.2. The Labute approximate surface area is 139 Å². The quantitative estimate of drug-likeness (QED) is 0.854. The van der Waals surface area contributed by atoms with Crippen LogP contribution >= 0.6 is 0 Å². The highest BCUT2D eigenvalue weighted by Gasteiger charge is 2.28. The Bertz CT molecular complexity index is 868. The number of carbonyl (C=O) groups is 1. The molecule has 1 fully saturated rings. The van der Waals surface area contributed by atoms with E-state index >= 15 is 0 Å². The second-order valence-electron chi connectivity index (χ2n) is 5.81. The second kappa shape index (κ2) is 6.27. The van der Waals surface area contributed by atoms with Crippen molar-refractivity contribution in [3.8, 4) is 5.75 Å². The van der Waals surface area contributed by atoms with E-state index in [0.29, 0.717) is 17.4 Å². The molecule has 1 aliphatic carbocycles. The third kappa shape index (κ3) is 3.59. The fraction of sp³-hybridized carbons (Fsp3) is 0.375. The Morgan fingerprint density at radius 1 is 1.38 bits per heavy atom. The first-order valence-electron chi connectivity index (χ1n) is 7.50. The number of methoxy groups -OCH3 is 1. The van der Waals surface area contributed by atoms with E-state index in [9.17, 15) is 13.2 Å². The summed E-state index contributed by atoms with van der Waals surface area (Å²) in [5.74, 6) is 1.16. The molecule has 0 radical (unpaired) electrons. The Morgan fingerprint density at radius 2 is 2.12 bits per heavy atom. The summed E-state index contributed by atoms with van der Waals surface area (Å²) in [4.78, 5) is 12.4. The van der Waals surface area contributed by atoms with Gasteiger partial charge in [0.25, 0.3) is 5.91 Å². The van der Waals surface area contributed by atoms with Crippen molar-refractivity contribution in [1.29, 1.82) is 0 Å². The summed E-state index contributed by atoms with van der Waals surface area (Å²) >= 11 is 0. The van der Waals surface area contributed by atoms with E-state index in [4.69, 9.17) is 9.26 Å². The predicted octanol–water partition coefficient (Wildman–Crippen LogP) is 1.89. The van der Waals surface area contributed by atoms with Gasteiger partial charge in [-0.25, -0.2) is 8.42 Å². The Morgan fingerprint density at radius 3 is 2.75 bits per heavy atom. The molecule has 0 spiro atoms. The average molecular weight is 350 g/mol. The molecule has 1 aromatic carbocycles. The molecule has 0 bridgehead atoms. The molecular weight excluding hydrogens is 332 g/mol. The van der Waals surface area contributed by atoms with Gasteiger partial charge in [0, 0.05) is 18.2 Å². The van der Waals surface area contributed by atoms with Crippen LogP contribution < -0.4 is 10.1 Å². The number of nitrogens with one attached hydrogen (secondary N) is 1. The number of nitrogens with zero attached hydrogens (tertiary/aromatic N) is 1. The van der Waals surface area contributed by atoms with Crippen molar-refractivity contribution < 1.29 is 22.5 Å². The van der Waals surface area contributed by atoms with Crippen LogP contribution in [0.15, 0.2) is 33.7 Å². The monoisotopic (exact) mass is 350 g/mol. The molecule has 1 aromatic heterocycles. The van der Waals surface area contributed by atoms with E-state index in [1.54, 1.807) is 0 Å². The van der Waals surface area contributed by atoms with Crippen molar-refractivity contribution in [1.82, 2.24) is 10.5 Å². The minimum absolute atomic E-state index is 0.0610. The predicted molar refractivity (Wildman–Crippen MR) is 85.8 cm³/mol. The number of rotatable bonds is 6. The van der Waals surface area contributed by atoms with Crippen molar-refractivity contribution in [3.05, 3.63) is 41.3 Å². The molecule has 1 N–H and O–H groups in total. The summed E-state index contributed by atoms with van der Waals surface area (Å²) in [5.41, 5.74) is 0.787. The van der Waals surface area contributed by atoms with Crippen LogP contribution in [0, 0.1) is 0 Å². The van der Waals surface area contributed by atoms with E-state index in [1.165, 1.54) is 25.3 Å². The molecule has 3 rings (SSSR count). The van der Waals surface area contributed by atoms with Crippen LogP contribution in [-0.2, 0) is 16.4 Å². The molecule has 2 aromatic rings. The van der Waals surface area contributed by atoms with Crippen LogP contribution in [-0.4, -0.2) is 32.8 Å². The van der Waals surface area contributed by atoms with E-state index in [-0.39, 0.29) is 17.0 Å². The maximum absolute atomic E-state index is 12.4. The lowest BCUT2D eigenvalue weighted by Gasteiger charge is -2.10. The summed E-state index contributed by atoms with van der Waals surface area (Å²) in [7, 11) is -1.99. The number of sulfone groups is 1. The Hall–Kier alpha value is -2.35. The van der Waals surface area contributed by atoms with Gasteiger partial charge in [0.15, 0.2) is 9.84 Å². The SMILES string of the molecule is COc1ccc(S(C)(=O)=O)cc1C(=O)NCc1cc(C2CC2)on1. The second-order valence-corrected chi connectivity index (χ2v) is 7.83. The van der Waals surface area contributed by atoms with Gasteiger partial charge in [0.1, 0.15) is 17.2 Å². The third-order valence-corrected chi connectivity index (χ3v) is 4.94. The maximum atomic E-state index is 12.4. The minimum atomic E-state index is -3.41. The maximum Gasteiger partial charge on any atom is 0.255 e. The fourth-order valence-corrected chi connectivity index (χ4v) is 2.98. The van der Waals surface area contributed by atoms with Crippen molar-refractivity contribution >= 4 is 15.7 Å². The van der Waals surface area contributed by atoms with E-state index < -0.39 is 15.7 Å². The summed E-state index contributed by atoms with van der Waals surface area (Å²) in [5, 5.41) is 6.63. The smallest absolute Gasteiger partial charge is 0.255 e. The molecule has 24 heavy (non-hydrogen) atoms. The molecule has 1 heterocycles. The fourth-order valence-electron chi connectivity index (χ4n) is 2.33. The van der Waals surface area contributed by atoms with Crippen molar-refractivity contribution in [2.75, 3.05) is 13.4 Å². The Kier molecular flexibility index (Phi) is 4.31. The number of ether oxygens (including phenoxy) is 1. The van der Waals surface area contributed by atoms with Gasteiger partial charge in [-0.05, 0) is 31.0 Å². The highest BCUT2D eigenvalue weighted by molar-refractivity contribution is 7.90. The lowest BCUT2D eigenvalue weighted by Crippen LogP contribution is -2.23. The highest BCUT2D eigenvalue weighted by Crippen LogP contribution is 2.40. The zero-order chi connectivity index (χ0) is 17.3. The van der Waals surface area contributed by atoms with Gasteiger partial charge in [0.2, 0.25) is 0 Å². The first kappa shape index (κ1) is 16.5. The molecule has 0 atom stereocenters. The van der Waals surface area contributed by atoms with E-state index in [2.05, 4.69) is 10.5 Å². The average Bonchev–Trinajstić information content (AvgIpc) is 3.30. The van der Waals surface area contributed by atoms with Gasteiger partial charge in [-0.1, -0.05) is 5.16 Å². The van der Waals surface area contributed by atoms with Crippen LogP contribution in [0.25, 0.3) is 0 Å². The number of hydrogen-bond acceptors (Lipinski definition) is 6. The molecule has 8 heteroatoms. The molecule has 0 unspecified atom stereocenters. The summed E-state index contributed by atoms with van der Waals surface area (Å²) < 4.78 is 33.7. The highest BCUT2D eigenvalue weighted by atomic mass is 32.2.